The van der Waals surface area contributed by atoms with E-state index in [1.165, 1.54) is 17.7 Å². The van der Waals surface area contributed by atoms with Crippen LogP contribution in [0.5, 0.6) is 17.2 Å². The summed E-state index contributed by atoms with van der Waals surface area (Å²) in [6.45, 7) is 2.74. The Morgan fingerprint density at radius 2 is 1.75 bits per heavy atom. The lowest BCUT2D eigenvalue weighted by Gasteiger charge is -2.32. The van der Waals surface area contributed by atoms with E-state index in [0.717, 1.165) is 36.8 Å². The Morgan fingerprint density at radius 1 is 1.06 bits per heavy atom. The minimum Gasteiger partial charge on any atom is -0.493 e. The van der Waals surface area contributed by atoms with E-state index in [-0.39, 0.29) is 12.6 Å². The number of rotatable bonds is 6. The van der Waals surface area contributed by atoms with Gasteiger partial charge in [0.1, 0.15) is 11.6 Å². The second-order valence-corrected chi connectivity index (χ2v) is 7.25. The molecule has 0 radical (unpaired) electrons. The van der Waals surface area contributed by atoms with Crippen LogP contribution < -0.4 is 19.5 Å². The van der Waals surface area contributed by atoms with Gasteiger partial charge in [-0.1, -0.05) is 12.1 Å². The van der Waals surface area contributed by atoms with Crippen molar-refractivity contribution < 1.29 is 38.4 Å². The van der Waals surface area contributed by atoms with E-state index in [4.69, 9.17) is 24.4 Å². The van der Waals surface area contributed by atoms with Crippen molar-refractivity contribution in [3.05, 3.63) is 66.0 Å². The van der Waals surface area contributed by atoms with Gasteiger partial charge in [-0.05, 0) is 48.7 Å². The average Bonchev–Trinajstić information content (AvgIpc) is 3.25. The maximum absolute atomic E-state index is 13.2. The Kier molecular flexibility index (Phi) is 8.04. The number of benzene rings is 2. The fourth-order valence-electron chi connectivity index (χ4n) is 3.56. The zero-order chi connectivity index (χ0) is 22.9. The quantitative estimate of drug-likeness (QED) is 0.582. The molecule has 0 aliphatic carbocycles. The number of hydrogen-bond acceptors (Lipinski definition) is 6. The lowest BCUT2D eigenvalue weighted by molar-refractivity contribution is -0.134. The summed E-state index contributed by atoms with van der Waals surface area (Å²) in [5.41, 5.74) is 1.18. The third-order valence-electron chi connectivity index (χ3n) is 5.08. The Balaban J connectivity index is 0.000000312. The van der Waals surface area contributed by atoms with Gasteiger partial charge in [-0.2, -0.15) is 0 Å². The molecule has 170 valence electrons. The molecule has 0 spiro atoms. The molecule has 2 heterocycles. The highest BCUT2D eigenvalue weighted by Gasteiger charge is 2.27. The molecule has 1 saturated heterocycles. The van der Waals surface area contributed by atoms with Gasteiger partial charge in [-0.3, -0.25) is 0 Å². The van der Waals surface area contributed by atoms with E-state index in [1.807, 2.05) is 30.3 Å². The summed E-state index contributed by atoms with van der Waals surface area (Å²) in [6, 6.07) is 12.5. The smallest absolute Gasteiger partial charge is 0.328 e. The topological polar surface area (TPSA) is 114 Å². The number of piperidine rings is 1. The summed E-state index contributed by atoms with van der Waals surface area (Å²) in [4.78, 5) is 19.1. The molecule has 2 aliphatic heterocycles. The van der Waals surface area contributed by atoms with Crippen molar-refractivity contribution in [2.24, 2.45) is 5.92 Å². The predicted octanol–water partition coefficient (Wildman–Crippen LogP) is 3.04. The minimum absolute atomic E-state index is 0.194. The summed E-state index contributed by atoms with van der Waals surface area (Å²) in [6.07, 6.45) is 2.14. The number of ether oxygens (including phenoxy) is 3. The molecule has 2 aromatic carbocycles. The Morgan fingerprint density at radius 3 is 2.44 bits per heavy atom. The van der Waals surface area contributed by atoms with Crippen LogP contribution >= 0.6 is 0 Å². The maximum atomic E-state index is 13.2. The molecule has 0 saturated carbocycles. The monoisotopic (exact) mass is 445 g/mol. The number of carbonyl (C=O) groups is 2. The van der Waals surface area contributed by atoms with Gasteiger partial charge in [0.15, 0.2) is 11.5 Å². The number of carboxylic acid groups (broad SMARTS) is 2. The molecule has 3 N–H and O–H groups in total. The molecule has 32 heavy (non-hydrogen) atoms. The molecule has 2 aromatic rings. The van der Waals surface area contributed by atoms with Gasteiger partial charge in [0.05, 0.1) is 6.61 Å². The summed E-state index contributed by atoms with van der Waals surface area (Å²) >= 11 is 0. The summed E-state index contributed by atoms with van der Waals surface area (Å²) in [7, 11) is 0. The van der Waals surface area contributed by atoms with E-state index in [0.29, 0.717) is 30.6 Å². The maximum Gasteiger partial charge on any atom is 0.328 e. The SMILES string of the molecule is Fc1ccc([C@@H]2CCNC[C@H]2COc2ccc3c(c2)OCO3)cc1.O=C(O)/C=C\C(=O)O. The zero-order valence-corrected chi connectivity index (χ0v) is 17.2. The molecule has 4 rings (SSSR count). The molecule has 0 amide bonds. The van der Waals surface area contributed by atoms with Crippen LogP contribution in [0.3, 0.4) is 0 Å². The van der Waals surface area contributed by atoms with Gasteiger partial charge in [-0.15, -0.1) is 0 Å². The van der Waals surface area contributed by atoms with Crippen molar-refractivity contribution >= 4 is 11.9 Å². The van der Waals surface area contributed by atoms with E-state index in [1.54, 1.807) is 0 Å². The van der Waals surface area contributed by atoms with Crippen molar-refractivity contribution in [3.63, 3.8) is 0 Å². The highest BCUT2D eigenvalue weighted by Crippen LogP contribution is 2.36. The molecule has 2 aliphatic rings. The lowest BCUT2D eigenvalue weighted by Crippen LogP contribution is -2.38. The van der Waals surface area contributed by atoms with Gasteiger partial charge in [-0.25, -0.2) is 14.0 Å². The van der Waals surface area contributed by atoms with Crippen LogP contribution in [0.15, 0.2) is 54.6 Å². The normalized spacial score (nSPS) is 19.2. The fraction of sp³-hybridized carbons (Fsp3) is 0.304. The summed E-state index contributed by atoms with van der Waals surface area (Å²) in [5.74, 6) is 0.272. The van der Waals surface area contributed by atoms with Crippen LogP contribution in [-0.2, 0) is 9.59 Å². The lowest BCUT2D eigenvalue weighted by atomic mass is 9.81. The highest BCUT2D eigenvalue weighted by molar-refractivity contribution is 5.89. The Hall–Kier alpha value is -3.59. The molecular weight excluding hydrogens is 421 g/mol. The molecule has 1 fully saturated rings. The zero-order valence-electron chi connectivity index (χ0n) is 17.2. The van der Waals surface area contributed by atoms with Gasteiger partial charge in [0.2, 0.25) is 6.79 Å². The van der Waals surface area contributed by atoms with E-state index in [2.05, 4.69) is 5.32 Å². The number of aliphatic carboxylic acids is 2. The number of halogens is 1. The van der Waals surface area contributed by atoms with Crippen LogP contribution in [0.4, 0.5) is 4.39 Å². The van der Waals surface area contributed by atoms with E-state index in [9.17, 15) is 14.0 Å². The largest absolute Gasteiger partial charge is 0.493 e. The molecule has 9 heteroatoms. The van der Waals surface area contributed by atoms with Crippen molar-refractivity contribution in [2.75, 3.05) is 26.5 Å². The van der Waals surface area contributed by atoms with Crippen LogP contribution in [0, 0.1) is 11.7 Å². The van der Waals surface area contributed by atoms with Gasteiger partial charge < -0.3 is 29.7 Å². The number of hydrogen-bond donors (Lipinski definition) is 3. The molecular formula is C23H24FNO7. The number of fused-ring (bicyclic) bond motifs is 1. The van der Waals surface area contributed by atoms with Crippen molar-refractivity contribution in [3.8, 4) is 17.2 Å². The Bertz CT molecular complexity index is 945. The fourth-order valence-corrected chi connectivity index (χ4v) is 3.56. The predicted molar refractivity (Wildman–Crippen MR) is 113 cm³/mol. The van der Waals surface area contributed by atoms with Crippen molar-refractivity contribution in [2.45, 2.75) is 12.3 Å². The third kappa shape index (κ3) is 6.71. The summed E-state index contributed by atoms with van der Waals surface area (Å²) < 4.78 is 29.9. The first-order chi connectivity index (χ1) is 15.4. The Labute approximate surface area is 184 Å². The molecule has 0 bridgehead atoms. The number of carboxylic acids is 2. The highest BCUT2D eigenvalue weighted by atomic mass is 19.1. The first kappa shape index (κ1) is 23.1. The standard InChI is InChI=1S/C19H20FNO3.C4H4O4/c20-15-3-1-13(2-4-15)17-7-8-21-10-14(17)11-22-16-5-6-18-19(9-16)24-12-23-18;5-3(6)1-2-4(7)8/h1-6,9,14,17,21H,7-8,10-12H2;1-2H,(H,5,6)(H,7,8)/b;2-1-/t14-,17-;/m0./s1. The minimum atomic E-state index is -1.26. The summed E-state index contributed by atoms with van der Waals surface area (Å²) in [5, 5.41) is 19.0. The average molecular weight is 445 g/mol. The molecule has 0 aromatic heterocycles. The second kappa shape index (κ2) is 11.1. The molecule has 2 atom stereocenters. The number of nitrogens with one attached hydrogen (secondary N) is 1. The van der Waals surface area contributed by atoms with Gasteiger partial charge >= 0.3 is 11.9 Å². The van der Waals surface area contributed by atoms with Crippen LogP contribution in [0.25, 0.3) is 0 Å². The first-order valence-electron chi connectivity index (χ1n) is 10.0. The van der Waals surface area contributed by atoms with Crippen molar-refractivity contribution in [1.82, 2.24) is 5.32 Å². The molecule has 0 unspecified atom stereocenters. The van der Waals surface area contributed by atoms with Crippen LogP contribution in [0.2, 0.25) is 0 Å². The first-order valence-corrected chi connectivity index (χ1v) is 10.0. The van der Waals surface area contributed by atoms with E-state index >= 15 is 0 Å². The van der Waals surface area contributed by atoms with Gasteiger partial charge in [0, 0.05) is 30.7 Å². The van der Waals surface area contributed by atoms with Crippen LogP contribution in [-0.4, -0.2) is 48.6 Å². The van der Waals surface area contributed by atoms with Gasteiger partial charge in [0.25, 0.3) is 0 Å². The van der Waals surface area contributed by atoms with Crippen molar-refractivity contribution in [1.29, 1.82) is 0 Å². The second-order valence-electron chi connectivity index (χ2n) is 7.25. The van der Waals surface area contributed by atoms with E-state index < -0.39 is 11.9 Å². The molecule has 8 nitrogen and oxygen atoms in total. The third-order valence-corrected chi connectivity index (χ3v) is 5.08. The van der Waals surface area contributed by atoms with Crippen LogP contribution in [0.1, 0.15) is 17.9 Å².